The van der Waals surface area contributed by atoms with Gasteiger partial charge in [0.05, 0.1) is 12.7 Å². The summed E-state index contributed by atoms with van der Waals surface area (Å²) >= 11 is 0. The molecule has 0 unspecified atom stereocenters. The van der Waals surface area contributed by atoms with Crippen molar-refractivity contribution in [2.45, 2.75) is 13.0 Å². The third-order valence-corrected chi connectivity index (χ3v) is 2.12. The Balaban J connectivity index is 2.77. The van der Waals surface area contributed by atoms with E-state index in [-0.39, 0.29) is 24.0 Å². The lowest BCUT2D eigenvalue weighted by atomic mass is 10.1. The molecule has 0 aliphatic rings. The van der Waals surface area contributed by atoms with Crippen LogP contribution in [0.25, 0.3) is 0 Å². The zero-order valence-corrected chi connectivity index (χ0v) is 9.06. The number of halogens is 1. The third-order valence-electron chi connectivity index (χ3n) is 2.12. The van der Waals surface area contributed by atoms with Gasteiger partial charge in [-0.25, -0.2) is 4.39 Å². The number of nitrogens with zero attached hydrogens (tertiary/aromatic N) is 1. The first-order valence-electron chi connectivity index (χ1n) is 4.89. The largest absolute Gasteiger partial charge is 0.411 e. The second-order valence-electron chi connectivity index (χ2n) is 3.28. The molecule has 0 spiro atoms. The number of hydrogen-bond acceptors (Lipinski definition) is 3. The second kappa shape index (κ2) is 6.02. The molecule has 0 fully saturated rings. The summed E-state index contributed by atoms with van der Waals surface area (Å²) in [6.07, 6.45) is 1.43. The Morgan fingerprint density at radius 1 is 1.62 bits per heavy atom. The van der Waals surface area contributed by atoms with Gasteiger partial charge in [-0.2, -0.15) is 0 Å². The smallest absolute Gasteiger partial charge is 0.132 e. The van der Waals surface area contributed by atoms with Crippen LogP contribution < -0.4 is 0 Å². The van der Waals surface area contributed by atoms with Gasteiger partial charge in [-0.1, -0.05) is 23.4 Å². The molecule has 1 atom stereocenters. The fourth-order valence-corrected chi connectivity index (χ4v) is 1.13. The molecule has 3 nitrogen and oxygen atoms in total. The average molecular weight is 223 g/mol. The van der Waals surface area contributed by atoms with Crippen molar-refractivity contribution in [3.8, 4) is 0 Å². The summed E-state index contributed by atoms with van der Waals surface area (Å²) in [5, 5.41) is 11.8. The van der Waals surface area contributed by atoms with Crippen LogP contribution in [0.3, 0.4) is 0 Å². The number of oxime groups is 1. The van der Waals surface area contributed by atoms with Crippen molar-refractivity contribution in [1.82, 2.24) is 0 Å². The summed E-state index contributed by atoms with van der Waals surface area (Å²) in [6.45, 7) is 5.38. The van der Waals surface area contributed by atoms with Gasteiger partial charge in [0.1, 0.15) is 11.5 Å². The van der Waals surface area contributed by atoms with Gasteiger partial charge in [0, 0.05) is 5.56 Å². The van der Waals surface area contributed by atoms with E-state index in [0.717, 1.165) is 0 Å². The first kappa shape index (κ1) is 12.4. The molecule has 0 aliphatic heterocycles. The zero-order chi connectivity index (χ0) is 12.0. The van der Waals surface area contributed by atoms with Gasteiger partial charge in [0.15, 0.2) is 0 Å². The van der Waals surface area contributed by atoms with E-state index >= 15 is 0 Å². The molecule has 0 heterocycles. The molecule has 1 rings (SSSR count). The lowest BCUT2D eigenvalue weighted by Crippen LogP contribution is -2.16. The molecule has 0 aliphatic carbocycles. The number of ether oxygens (including phenoxy) is 1. The average Bonchev–Trinajstić information content (AvgIpc) is 2.31. The van der Waals surface area contributed by atoms with Crippen LogP contribution in [0.1, 0.15) is 12.5 Å². The van der Waals surface area contributed by atoms with E-state index in [1.807, 2.05) is 0 Å². The molecule has 16 heavy (non-hydrogen) atoms. The lowest BCUT2D eigenvalue weighted by molar-refractivity contribution is 0.130. The van der Waals surface area contributed by atoms with Crippen LogP contribution in [-0.2, 0) is 4.74 Å². The number of hydrogen-bond donors (Lipinski definition) is 1. The second-order valence-corrected chi connectivity index (χ2v) is 3.28. The first-order chi connectivity index (χ1) is 7.69. The minimum atomic E-state index is -0.440. The summed E-state index contributed by atoms with van der Waals surface area (Å²) in [6, 6.07) is 6.07. The van der Waals surface area contributed by atoms with E-state index in [4.69, 9.17) is 9.94 Å². The SMILES string of the molecule is C=C[C@@H](C)OC/C(=N/O)c1ccccc1F. The van der Waals surface area contributed by atoms with Crippen molar-refractivity contribution in [1.29, 1.82) is 0 Å². The molecule has 1 aromatic carbocycles. The van der Waals surface area contributed by atoms with Crippen LogP contribution in [0.2, 0.25) is 0 Å². The fourth-order valence-electron chi connectivity index (χ4n) is 1.13. The number of rotatable bonds is 5. The molecule has 1 N–H and O–H groups in total. The van der Waals surface area contributed by atoms with Crippen molar-refractivity contribution < 1.29 is 14.3 Å². The normalized spacial score (nSPS) is 13.5. The Hall–Kier alpha value is -1.68. The van der Waals surface area contributed by atoms with Crippen molar-refractivity contribution in [3.05, 3.63) is 48.3 Å². The Bertz CT molecular complexity index is 390. The van der Waals surface area contributed by atoms with Gasteiger partial charge in [0.25, 0.3) is 0 Å². The maximum absolute atomic E-state index is 13.4. The third kappa shape index (κ3) is 3.17. The van der Waals surface area contributed by atoms with Crippen LogP contribution in [0.4, 0.5) is 4.39 Å². The Kier molecular flexibility index (Phi) is 4.66. The summed E-state index contributed by atoms with van der Waals surface area (Å²) in [5.74, 6) is -0.440. The van der Waals surface area contributed by atoms with Crippen molar-refractivity contribution in [2.75, 3.05) is 6.61 Å². The molecule has 4 heteroatoms. The van der Waals surface area contributed by atoms with Gasteiger partial charge in [-0.05, 0) is 19.1 Å². The highest BCUT2D eigenvalue weighted by molar-refractivity contribution is 6.01. The minimum Gasteiger partial charge on any atom is -0.411 e. The maximum atomic E-state index is 13.4. The topological polar surface area (TPSA) is 41.8 Å². The van der Waals surface area contributed by atoms with E-state index in [9.17, 15) is 4.39 Å². The number of benzene rings is 1. The van der Waals surface area contributed by atoms with E-state index in [1.54, 1.807) is 25.1 Å². The molecule has 0 radical (unpaired) electrons. The Morgan fingerprint density at radius 3 is 2.88 bits per heavy atom. The minimum absolute atomic E-state index is 0.0324. The fraction of sp³-hybridized carbons (Fsp3) is 0.250. The molecule has 86 valence electrons. The van der Waals surface area contributed by atoms with Gasteiger partial charge >= 0.3 is 0 Å². The Morgan fingerprint density at radius 2 is 2.31 bits per heavy atom. The first-order valence-corrected chi connectivity index (χ1v) is 4.89. The standard InChI is InChI=1S/C12H14FNO2/c1-3-9(2)16-8-12(14-15)10-6-4-5-7-11(10)13/h3-7,9,15H,1,8H2,2H3/b14-12-/t9-/m1/s1. The van der Waals surface area contributed by atoms with Crippen molar-refractivity contribution >= 4 is 5.71 Å². The quantitative estimate of drug-likeness (QED) is 0.361. The van der Waals surface area contributed by atoms with E-state index in [1.165, 1.54) is 12.1 Å². The molecular formula is C12H14FNO2. The van der Waals surface area contributed by atoms with Crippen LogP contribution in [0.5, 0.6) is 0 Å². The molecule has 0 aromatic heterocycles. The molecule has 0 amide bonds. The molecule has 0 saturated carbocycles. The van der Waals surface area contributed by atoms with Crippen LogP contribution in [-0.4, -0.2) is 23.6 Å². The van der Waals surface area contributed by atoms with Crippen molar-refractivity contribution in [2.24, 2.45) is 5.16 Å². The Labute approximate surface area is 93.9 Å². The molecular weight excluding hydrogens is 209 g/mol. The van der Waals surface area contributed by atoms with Gasteiger partial charge < -0.3 is 9.94 Å². The van der Waals surface area contributed by atoms with Gasteiger partial charge in [-0.15, -0.1) is 6.58 Å². The summed E-state index contributed by atoms with van der Waals surface area (Å²) in [5.41, 5.74) is 0.396. The molecule has 0 saturated heterocycles. The lowest BCUT2D eigenvalue weighted by Gasteiger charge is -2.10. The van der Waals surface area contributed by atoms with Crippen LogP contribution in [0.15, 0.2) is 42.1 Å². The maximum Gasteiger partial charge on any atom is 0.132 e. The van der Waals surface area contributed by atoms with Gasteiger partial charge in [0.2, 0.25) is 0 Å². The van der Waals surface area contributed by atoms with Crippen LogP contribution in [0, 0.1) is 5.82 Å². The summed E-state index contributed by atoms with van der Waals surface area (Å²) in [4.78, 5) is 0. The highest BCUT2D eigenvalue weighted by Gasteiger charge is 2.10. The van der Waals surface area contributed by atoms with E-state index < -0.39 is 5.82 Å². The predicted octanol–water partition coefficient (Wildman–Crippen LogP) is 2.60. The highest BCUT2D eigenvalue weighted by atomic mass is 19.1. The van der Waals surface area contributed by atoms with E-state index in [2.05, 4.69) is 11.7 Å². The highest BCUT2D eigenvalue weighted by Crippen LogP contribution is 2.09. The van der Waals surface area contributed by atoms with E-state index in [0.29, 0.717) is 0 Å². The van der Waals surface area contributed by atoms with Crippen LogP contribution >= 0.6 is 0 Å². The summed E-state index contributed by atoms with van der Waals surface area (Å²) in [7, 11) is 0. The predicted molar refractivity (Wildman–Crippen MR) is 60.3 cm³/mol. The summed E-state index contributed by atoms with van der Waals surface area (Å²) < 4.78 is 18.6. The molecule has 1 aromatic rings. The zero-order valence-electron chi connectivity index (χ0n) is 9.06. The monoisotopic (exact) mass is 223 g/mol. The van der Waals surface area contributed by atoms with Gasteiger partial charge in [-0.3, -0.25) is 0 Å². The van der Waals surface area contributed by atoms with Crippen molar-refractivity contribution in [3.63, 3.8) is 0 Å². The molecule has 0 bridgehead atoms.